The highest BCUT2D eigenvalue weighted by Crippen LogP contribution is 2.28. The van der Waals surface area contributed by atoms with Gasteiger partial charge in [0.25, 0.3) is 0 Å². The van der Waals surface area contributed by atoms with E-state index in [1.807, 2.05) is 24.3 Å². The lowest BCUT2D eigenvalue weighted by atomic mass is 10.3. The molecule has 0 saturated carbocycles. The summed E-state index contributed by atoms with van der Waals surface area (Å²) < 4.78 is 5.31. The van der Waals surface area contributed by atoms with Gasteiger partial charge in [-0.15, -0.1) is 18.3 Å². The fourth-order valence-corrected chi connectivity index (χ4v) is 2.13. The third-order valence-electron chi connectivity index (χ3n) is 1.96. The molecule has 0 aliphatic rings. The van der Waals surface area contributed by atoms with Gasteiger partial charge < -0.3 is 15.6 Å². The molecule has 0 heterocycles. The van der Waals surface area contributed by atoms with Crippen LogP contribution in [0, 0.1) is 0 Å². The third-order valence-corrected chi connectivity index (χ3v) is 3.20. The van der Waals surface area contributed by atoms with Crippen molar-refractivity contribution in [1.82, 2.24) is 0 Å². The van der Waals surface area contributed by atoms with Crippen LogP contribution in [0.3, 0.4) is 0 Å². The van der Waals surface area contributed by atoms with Crippen LogP contribution in [0.1, 0.15) is 0 Å². The lowest BCUT2D eigenvalue weighted by Crippen LogP contribution is -2.16. The number of aliphatic hydroxyl groups excluding tert-OH is 1. The molecule has 4 heteroatoms. The minimum absolute atomic E-state index is 0.00431. The second-order valence-electron chi connectivity index (χ2n) is 3.29. The number of nitrogen functional groups attached to an aromatic ring is 1. The fourth-order valence-electron chi connectivity index (χ4n) is 1.17. The molecule has 0 aliphatic heterocycles. The molecule has 0 radical (unpaired) electrons. The molecule has 16 heavy (non-hydrogen) atoms. The molecule has 1 aromatic rings. The van der Waals surface area contributed by atoms with E-state index in [1.54, 1.807) is 6.08 Å². The molecule has 0 aliphatic carbocycles. The zero-order valence-electron chi connectivity index (χ0n) is 9.13. The first kappa shape index (κ1) is 13.1. The highest BCUT2D eigenvalue weighted by Gasteiger charge is 2.10. The summed E-state index contributed by atoms with van der Waals surface area (Å²) >= 11 is 1.53. The molecule has 88 valence electrons. The predicted octanol–water partition coefficient (Wildman–Crippen LogP) is 1.92. The summed E-state index contributed by atoms with van der Waals surface area (Å²) in [6, 6.07) is 7.61. The molecule has 3 nitrogen and oxygen atoms in total. The van der Waals surface area contributed by atoms with Gasteiger partial charge in [0.05, 0.1) is 25.1 Å². The smallest absolute Gasteiger partial charge is 0.0645 e. The molecular formula is C12H17NO2S. The van der Waals surface area contributed by atoms with Gasteiger partial charge in [0.15, 0.2) is 0 Å². The zero-order valence-corrected chi connectivity index (χ0v) is 9.95. The third kappa shape index (κ3) is 4.26. The first-order chi connectivity index (χ1) is 7.77. The number of rotatable bonds is 7. The standard InChI is InChI=1S/C12H17NO2S/c1-2-7-15-9-10(8-14)16-12-6-4-3-5-11(12)13/h2-6,10,14H,1,7-9,13H2. The van der Waals surface area contributed by atoms with Gasteiger partial charge >= 0.3 is 0 Å². The first-order valence-corrected chi connectivity index (χ1v) is 5.96. The number of hydrogen-bond acceptors (Lipinski definition) is 4. The van der Waals surface area contributed by atoms with Crippen molar-refractivity contribution in [2.75, 3.05) is 25.6 Å². The van der Waals surface area contributed by atoms with Crippen molar-refractivity contribution in [1.29, 1.82) is 0 Å². The maximum absolute atomic E-state index is 9.21. The largest absolute Gasteiger partial charge is 0.398 e. The summed E-state index contributed by atoms with van der Waals surface area (Å²) in [5.41, 5.74) is 6.55. The quantitative estimate of drug-likeness (QED) is 0.330. The molecule has 1 rings (SSSR count). The van der Waals surface area contributed by atoms with E-state index < -0.39 is 0 Å². The topological polar surface area (TPSA) is 55.5 Å². The molecule has 3 N–H and O–H groups in total. The summed E-state index contributed by atoms with van der Waals surface area (Å²) in [5.74, 6) is 0. The SMILES string of the molecule is C=CCOCC(CO)Sc1ccccc1N. The lowest BCUT2D eigenvalue weighted by Gasteiger charge is -2.14. The number of ether oxygens (including phenoxy) is 1. The Kier molecular flexibility index (Phi) is 6.00. The van der Waals surface area contributed by atoms with Gasteiger partial charge in [-0.05, 0) is 12.1 Å². The summed E-state index contributed by atoms with van der Waals surface area (Å²) in [6.07, 6.45) is 1.69. The van der Waals surface area contributed by atoms with Crippen LogP contribution in [0.15, 0.2) is 41.8 Å². The number of nitrogens with two attached hydrogens (primary N) is 1. The second kappa shape index (κ2) is 7.33. The molecule has 1 atom stereocenters. The highest BCUT2D eigenvalue weighted by molar-refractivity contribution is 8.00. The number of hydrogen-bond donors (Lipinski definition) is 2. The van der Waals surface area contributed by atoms with Crippen molar-refractivity contribution in [2.24, 2.45) is 0 Å². The number of anilines is 1. The van der Waals surface area contributed by atoms with Crippen LogP contribution in [-0.4, -0.2) is 30.2 Å². The molecule has 1 unspecified atom stereocenters. The monoisotopic (exact) mass is 239 g/mol. The van der Waals surface area contributed by atoms with E-state index in [-0.39, 0.29) is 11.9 Å². The number of para-hydroxylation sites is 1. The van der Waals surface area contributed by atoms with Crippen LogP contribution < -0.4 is 5.73 Å². The first-order valence-electron chi connectivity index (χ1n) is 5.08. The molecule has 0 bridgehead atoms. The van der Waals surface area contributed by atoms with E-state index in [1.165, 1.54) is 11.8 Å². The van der Waals surface area contributed by atoms with E-state index in [2.05, 4.69) is 6.58 Å². The van der Waals surface area contributed by atoms with Crippen LogP contribution in [0.25, 0.3) is 0 Å². The summed E-state index contributed by atoms with van der Waals surface area (Å²) in [5, 5.41) is 9.21. The Labute approximate surface area is 100 Å². The van der Waals surface area contributed by atoms with Crippen molar-refractivity contribution in [3.05, 3.63) is 36.9 Å². The fraction of sp³-hybridized carbons (Fsp3) is 0.333. The normalized spacial score (nSPS) is 12.3. The van der Waals surface area contributed by atoms with Crippen LogP contribution >= 0.6 is 11.8 Å². The molecule has 0 aromatic heterocycles. The average molecular weight is 239 g/mol. The van der Waals surface area contributed by atoms with Crippen molar-refractivity contribution in [3.63, 3.8) is 0 Å². The Hall–Kier alpha value is -0.970. The van der Waals surface area contributed by atoms with Gasteiger partial charge in [-0.25, -0.2) is 0 Å². The zero-order chi connectivity index (χ0) is 11.8. The molecule has 0 saturated heterocycles. The van der Waals surface area contributed by atoms with E-state index in [4.69, 9.17) is 10.5 Å². The van der Waals surface area contributed by atoms with Gasteiger partial charge in [0.2, 0.25) is 0 Å². The van der Waals surface area contributed by atoms with Gasteiger partial charge in [-0.2, -0.15) is 0 Å². The molecule has 1 aromatic carbocycles. The molecule has 0 spiro atoms. The van der Waals surface area contributed by atoms with Gasteiger partial charge in [-0.1, -0.05) is 18.2 Å². The lowest BCUT2D eigenvalue weighted by molar-refractivity contribution is 0.144. The van der Waals surface area contributed by atoms with E-state index in [0.29, 0.717) is 13.2 Å². The maximum atomic E-state index is 9.21. The molecule has 0 amide bonds. The van der Waals surface area contributed by atoms with Crippen molar-refractivity contribution in [2.45, 2.75) is 10.1 Å². The van der Waals surface area contributed by atoms with Crippen LogP contribution in [0.4, 0.5) is 5.69 Å². The van der Waals surface area contributed by atoms with Crippen molar-refractivity contribution < 1.29 is 9.84 Å². The number of aliphatic hydroxyl groups is 1. The average Bonchev–Trinajstić information content (AvgIpc) is 2.30. The Morgan fingerprint density at radius 3 is 2.88 bits per heavy atom. The van der Waals surface area contributed by atoms with Crippen LogP contribution in [0.5, 0.6) is 0 Å². The van der Waals surface area contributed by atoms with Crippen LogP contribution in [0.2, 0.25) is 0 Å². The van der Waals surface area contributed by atoms with Gasteiger partial charge in [0.1, 0.15) is 0 Å². The Bertz CT molecular complexity index is 331. The van der Waals surface area contributed by atoms with Gasteiger partial charge in [0, 0.05) is 10.6 Å². The minimum Gasteiger partial charge on any atom is -0.398 e. The Morgan fingerprint density at radius 2 is 2.25 bits per heavy atom. The van der Waals surface area contributed by atoms with E-state index >= 15 is 0 Å². The van der Waals surface area contributed by atoms with Crippen molar-refractivity contribution >= 4 is 17.4 Å². The van der Waals surface area contributed by atoms with E-state index in [0.717, 1.165) is 10.6 Å². The number of benzene rings is 1. The number of thioether (sulfide) groups is 1. The van der Waals surface area contributed by atoms with Gasteiger partial charge in [-0.3, -0.25) is 0 Å². The minimum atomic E-state index is 0.00431. The maximum Gasteiger partial charge on any atom is 0.0645 e. The Morgan fingerprint density at radius 1 is 1.50 bits per heavy atom. The van der Waals surface area contributed by atoms with Crippen molar-refractivity contribution in [3.8, 4) is 0 Å². The summed E-state index contributed by atoms with van der Waals surface area (Å²) in [4.78, 5) is 0.976. The van der Waals surface area contributed by atoms with Crippen LogP contribution in [-0.2, 0) is 4.74 Å². The van der Waals surface area contributed by atoms with E-state index in [9.17, 15) is 5.11 Å². The molecule has 0 fully saturated rings. The summed E-state index contributed by atoms with van der Waals surface area (Å²) in [6.45, 7) is 4.62. The molecular weight excluding hydrogens is 222 g/mol. The summed E-state index contributed by atoms with van der Waals surface area (Å²) in [7, 11) is 0. The Balaban J connectivity index is 2.49. The predicted molar refractivity (Wildman–Crippen MR) is 68.6 cm³/mol. The second-order valence-corrected chi connectivity index (χ2v) is 4.63. The highest BCUT2D eigenvalue weighted by atomic mass is 32.2.